The summed E-state index contributed by atoms with van der Waals surface area (Å²) in [6, 6.07) is 0. The zero-order chi connectivity index (χ0) is 8.85. The molecule has 0 aliphatic rings. The normalized spacial score (nSPS) is 13.2. The molecule has 0 saturated heterocycles. The van der Waals surface area contributed by atoms with E-state index in [1.54, 1.807) is 0 Å². The molecule has 0 aliphatic carbocycles. The molecule has 0 aromatic carbocycles. The molecule has 2 nitrogen and oxygen atoms in total. The number of ether oxygens (including phenoxy) is 1. The molecule has 1 radical (unpaired) electrons. The van der Waals surface area contributed by atoms with Crippen LogP contribution in [0.1, 0.15) is 27.2 Å². The average molecular weight is 175 g/mol. The SMILES string of the molecule is CCC(C[S])C(=O)OC(C)C. The summed E-state index contributed by atoms with van der Waals surface area (Å²) >= 11 is 4.80. The van der Waals surface area contributed by atoms with E-state index in [4.69, 9.17) is 17.4 Å². The van der Waals surface area contributed by atoms with E-state index in [0.29, 0.717) is 5.75 Å². The van der Waals surface area contributed by atoms with Gasteiger partial charge in [0.1, 0.15) is 0 Å². The lowest BCUT2D eigenvalue weighted by Crippen LogP contribution is -2.21. The van der Waals surface area contributed by atoms with Gasteiger partial charge < -0.3 is 4.74 Å². The van der Waals surface area contributed by atoms with Crippen LogP contribution in [0, 0.1) is 5.92 Å². The van der Waals surface area contributed by atoms with E-state index < -0.39 is 0 Å². The Morgan fingerprint density at radius 2 is 2.09 bits per heavy atom. The summed E-state index contributed by atoms with van der Waals surface area (Å²) in [5.41, 5.74) is 0. The maximum atomic E-state index is 11.1. The van der Waals surface area contributed by atoms with Crippen molar-refractivity contribution in [2.45, 2.75) is 33.3 Å². The van der Waals surface area contributed by atoms with E-state index in [1.165, 1.54) is 0 Å². The Balaban J connectivity index is 3.79. The fourth-order valence-electron chi connectivity index (χ4n) is 0.681. The first-order chi connectivity index (χ1) is 5.11. The second kappa shape index (κ2) is 5.47. The Kier molecular flexibility index (Phi) is 5.38. The van der Waals surface area contributed by atoms with Crippen LogP contribution in [0.3, 0.4) is 0 Å². The maximum Gasteiger partial charge on any atom is 0.310 e. The molecule has 0 heterocycles. The van der Waals surface area contributed by atoms with E-state index in [-0.39, 0.29) is 18.0 Å². The molecule has 0 saturated carbocycles. The number of carbonyl (C=O) groups excluding carboxylic acids is 1. The third-order valence-corrected chi connectivity index (χ3v) is 1.78. The number of hydrogen-bond donors (Lipinski definition) is 0. The van der Waals surface area contributed by atoms with Gasteiger partial charge in [0.05, 0.1) is 12.0 Å². The van der Waals surface area contributed by atoms with E-state index >= 15 is 0 Å². The molecule has 0 bridgehead atoms. The lowest BCUT2D eigenvalue weighted by molar-refractivity contribution is -0.151. The van der Waals surface area contributed by atoms with Gasteiger partial charge in [-0.25, -0.2) is 0 Å². The lowest BCUT2D eigenvalue weighted by atomic mass is 10.1. The van der Waals surface area contributed by atoms with Crippen LogP contribution in [0.4, 0.5) is 0 Å². The molecular formula is C8H15O2S. The van der Waals surface area contributed by atoms with Gasteiger partial charge in [0.25, 0.3) is 0 Å². The van der Waals surface area contributed by atoms with Gasteiger partial charge in [-0.2, -0.15) is 0 Å². The first-order valence-electron chi connectivity index (χ1n) is 3.90. The van der Waals surface area contributed by atoms with Crippen molar-refractivity contribution in [1.82, 2.24) is 0 Å². The third kappa shape index (κ3) is 4.30. The van der Waals surface area contributed by atoms with Gasteiger partial charge in [-0.1, -0.05) is 19.6 Å². The molecule has 0 amide bonds. The first-order valence-corrected chi connectivity index (χ1v) is 4.48. The molecule has 3 heteroatoms. The van der Waals surface area contributed by atoms with Crippen molar-refractivity contribution < 1.29 is 9.53 Å². The molecule has 11 heavy (non-hydrogen) atoms. The van der Waals surface area contributed by atoms with E-state index in [2.05, 4.69) is 0 Å². The maximum absolute atomic E-state index is 11.1. The minimum Gasteiger partial charge on any atom is -0.463 e. The molecule has 1 unspecified atom stereocenters. The largest absolute Gasteiger partial charge is 0.463 e. The minimum atomic E-state index is -0.155. The Hall–Kier alpha value is -0.180. The van der Waals surface area contributed by atoms with Crippen molar-refractivity contribution in [2.24, 2.45) is 5.92 Å². The van der Waals surface area contributed by atoms with Crippen molar-refractivity contribution >= 4 is 18.6 Å². The summed E-state index contributed by atoms with van der Waals surface area (Å²) in [6.45, 7) is 5.63. The molecule has 0 N–H and O–H groups in total. The zero-order valence-corrected chi connectivity index (χ0v) is 8.11. The van der Waals surface area contributed by atoms with Crippen molar-refractivity contribution in [3.8, 4) is 0 Å². The van der Waals surface area contributed by atoms with Crippen LogP contribution < -0.4 is 0 Å². The Morgan fingerprint density at radius 1 is 1.55 bits per heavy atom. The number of esters is 1. The fraction of sp³-hybridized carbons (Fsp3) is 0.875. The summed E-state index contributed by atoms with van der Waals surface area (Å²) in [5.74, 6) is 0.215. The predicted octanol–water partition coefficient (Wildman–Crippen LogP) is 2.16. The smallest absolute Gasteiger partial charge is 0.310 e. The topological polar surface area (TPSA) is 26.3 Å². The standard InChI is InChI=1S/C8H15O2S/c1-4-7(5-11)8(9)10-6(2)3/h6-7H,4-5H2,1-3H3. The van der Waals surface area contributed by atoms with Crippen LogP contribution in [0.25, 0.3) is 0 Å². The van der Waals surface area contributed by atoms with Crippen LogP contribution >= 0.6 is 12.6 Å². The van der Waals surface area contributed by atoms with Crippen LogP contribution in [-0.2, 0) is 9.53 Å². The number of rotatable bonds is 4. The Labute approximate surface area is 73.7 Å². The highest BCUT2D eigenvalue weighted by atomic mass is 32.1. The fourth-order valence-corrected chi connectivity index (χ4v) is 1.05. The van der Waals surface area contributed by atoms with Gasteiger partial charge in [0, 0.05) is 5.75 Å². The molecule has 0 fully saturated rings. The van der Waals surface area contributed by atoms with Crippen LogP contribution in [-0.4, -0.2) is 17.8 Å². The lowest BCUT2D eigenvalue weighted by Gasteiger charge is -2.13. The molecule has 65 valence electrons. The second-order valence-electron chi connectivity index (χ2n) is 2.76. The molecule has 0 spiro atoms. The monoisotopic (exact) mass is 175 g/mol. The Bertz CT molecular complexity index is 119. The van der Waals surface area contributed by atoms with Crippen molar-refractivity contribution in [3.05, 3.63) is 0 Å². The van der Waals surface area contributed by atoms with Crippen molar-refractivity contribution in [3.63, 3.8) is 0 Å². The van der Waals surface area contributed by atoms with Crippen LogP contribution in [0.5, 0.6) is 0 Å². The molecular weight excluding hydrogens is 160 g/mol. The molecule has 0 aromatic heterocycles. The van der Waals surface area contributed by atoms with Gasteiger partial charge in [-0.3, -0.25) is 4.79 Å². The average Bonchev–Trinajstić information content (AvgIpc) is 1.88. The zero-order valence-electron chi connectivity index (χ0n) is 7.29. The molecule has 0 rings (SSSR count). The summed E-state index contributed by atoms with van der Waals surface area (Å²) in [7, 11) is 0. The summed E-state index contributed by atoms with van der Waals surface area (Å²) in [4.78, 5) is 11.1. The second-order valence-corrected chi connectivity index (χ2v) is 3.09. The highest BCUT2D eigenvalue weighted by Crippen LogP contribution is 2.08. The summed E-state index contributed by atoms with van der Waals surface area (Å²) < 4.78 is 4.99. The van der Waals surface area contributed by atoms with Gasteiger partial charge in [0.2, 0.25) is 0 Å². The van der Waals surface area contributed by atoms with Gasteiger partial charge in [-0.15, -0.1) is 0 Å². The number of hydrogen-bond acceptors (Lipinski definition) is 2. The van der Waals surface area contributed by atoms with Gasteiger partial charge in [0.15, 0.2) is 0 Å². The highest BCUT2D eigenvalue weighted by molar-refractivity contribution is 7.80. The highest BCUT2D eigenvalue weighted by Gasteiger charge is 2.16. The Morgan fingerprint density at radius 3 is 2.36 bits per heavy atom. The molecule has 1 atom stereocenters. The third-order valence-electron chi connectivity index (χ3n) is 1.38. The van der Waals surface area contributed by atoms with Crippen molar-refractivity contribution in [1.29, 1.82) is 0 Å². The van der Waals surface area contributed by atoms with E-state index in [9.17, 15) is 4.79 Å². The minimum absolute atomic E-state index is 0.0295. The summed E-state index contributed by atoms with van der Waals surface area (Å²) in [6.07, 6.45) is 0.743. The first kappa shape index (κ1) is 10.8. The van der Waals surface area contributed by atoms with Crippen molar-refractivity contribution in [2.75, 3.05) is 5.75 Å². The quantitative estimate of drug-likeness (QED) is 0.612. The van der Waals surface area contributed by atoms with E-state index in [1.807, 2.05) is 20.8 Å². The van der Waals surface area contributed by atoms with Gasteiger partial charge >= 0.3 is 5.97 Å². The summed E-state index contributed by atoms with van der Waals surface area (Å²) in [5, 5.41) is 0. The number of carbonyl (C=O) groups is 1. The van der Waals surface area contributed by atoms with E-state index in [0.717, 1.165) is 6.42 Å². The van der Waals surface area contributed by atoms with Crippen LogP contribution in [0.15, 0.2) is 0 Å². The predicted molar refractivity (Wildman–Crippen MR) is 47.5 cm³/mol. The van der Waals surface area contributed by atoms with Crippen LogP contribution in [0.2, 0.25) is 0 Å². The molecule has 0 aromatic rings. The van der Waals surface area contributed by atoms with Gasteiger partial charge in [-0.05, 0) is 20.3 Å². The molecule has 0 aliphatic heterocycles.